The van der Waals surface area contributed by atoms with E-state index >= 15 is 0 Å². The zero-order valence-electron chi connectivity index (χ0n) is 17.3. The fourth-order valence-corrected chi connectivity index (χ4v) is 3.01. The molecule has 2 aromatic carbocycles. The number of carbonyl (C=O) groups excluding carboxylic acids is 3. The van der Waals surface area contributed by atoms with Crippen LogP contribution in [0, 0.1) is 5.82 Å². The molecule has 0 bridgehead atoms. The van der Waals surface area contributed by atoms with Gasteiger partial charge in [0.25, 0.3) is 0 Å². The Labute approximate surface area is 181 Å². The number of rotatable bonds is 8. The Morgan fingerprint density at radius 3 is 2.09 bits per heavy atom. The molecule has 2 amide bonds. The number of nitrogens with one attached hydrogen (secondary N) is 2. The largest absolute Gasteiger partial charge is 0.467 e. The first-order valence-corrected chi connectivity index (χ1v) is 9.56. The molecule has 0 aliphatic heterocycles. The fourth-order valence-electron chi connectivity index (χ4n) is 3.01. The first-order valence-electron chi connectivity index (χ1n) is 9.56. The summed E-state index contributed by atoms with van der Waals surface area (Å²) in [6.07, 6.45) is -4.83. The Morgan fingerprint density at radius 1 is 0.938 bits per heavy atom. The summed E-state index contributed by atoms with van der Waals surface area (Å²) < 4.78 is 56.9. The number of hydrogen-bond donors (Lipinski definition) is 2. The number of alkyl halides is 3. The van der Waals surface area contributed by atoms with Crippen LogP contribution in [-0.4, -0.2) is 37.0 Å². The molecule has 0 heterocycles. The van der Waals surface area contributed by atoms with Crippen molar-refractivity contribution < 1.29 is 36.7 Å². The molecule has 0 aliphatic rings. The highest BCUT2D eigenvalue weighted by Gasteiger charge is 2.31. The van der Waals surface area contributed by atoms with E-state index in [4.69, 9.17) is 0 Å². The van der Waals surface area contributed by atoms with Crippen LogP contribution in [0.3, 0.4) is 0 Å². The van der Waals surface area contributed by atoms with Gasteiger partial charge in [-0.2, -0.15) is 13.2 Å². The van der Waals surface area contributed by atoms with Crippen LogP contribution in [0.5, 0.6) is 0 Å². The standard InChI is InChI=1S/C22H22F4N2O4/c1-13(29)27-18(12-15-5-3-4-6-17(15)23)20(30)28-19(21(31)32-2)11-14-7-9-16(10-8-14)22(24,25)26/h3-10,18-19H,11-12H2,1-2H3,(H,27,29)(H,28,30)/t18-,19+/m0/s1. The summed E-state index contributed by atoms with van der Waals surface area (Å²) in [4.78, 5) is 36.5. The highest BCUT2D eigenvalue weighted by atomic mass is 19.4. The molecule has 2 atom stereocenters. The highest BCUT2D eigenvalue weighted by molar-refractivity contribution is 5.90. The van der Waals surface area contributed by atoms with Crippen molar-refractivity contribution in [2.75, 3.05) is 7.11 Å². The third kappa shape index (κ3) is 7.07. The van der Waals surface area contributed by atoms with Crippen LogP contribution >= 0.6 is 0 Å². The van der Waals surface area contributed by atoms with Gasteiger partial charge in [0.05, 0.1) is 12.7 Å². The number of esters is 1. The number of methoxy groups -OCH3 is 1. The van der Waals surface area contributed by atoms with E-state index < -0.39 is 47.4 Å². The third-order valence-corrected chi connectivity index (χ3v) is 4.60. The van der Waals surface area contributed by atoms with E-state index in [0.717, 1.165) is 19.2 Å². The fraction of sp³-hybridized carbons (Fsp3) is 0.318. The summed E-state index contributed by atoms with van der Waals surface area (Å²) in [5.41, 5.74) is -0.326. The molecule has 0 aliphatic carbocycles. The number of benzene rings is 2. The van der Waals surface area contributed by atoms with Crippen molar-refractivity contribution in [1.29, 1.82) is 0 Å². The lowest BCUT2D eigenvalue weighted by Gasteiger charge is -2.22. The quantitative estimate of drug-likeness (QED) is 0.475. The Hall–Kier alpha value is -3.43. The maximum atomic E-state index is 14.0. The summed E-state index contributed by atoms with van der Waals surface area (Å²) in [6.45, 7) is 1.18. The predicted molar refractivity (Wildman–Crippen MR) is 107 cm³/mol. The van der Waals surface area contributed by atoms with E-state index in [9.17, 15) is 31.9 Å². The first kappa shape index (κ1) is 24.8. The minimum Gasteiger partial charge on any atom is -0.467 e. The van der Waals surface area contributed by atoms with Crippen molar-refractivity contribution in [2.24, 2.45) is 0 Å². The average molecular weight is 454 g/mol. The number of carbonyl (C=O) groups is 3. The molecule has 2 N–H and O–H groups in total. The lowest BCUT2D eigenvalue weighted by atomic mass is 10.0. The van der Waals surface area contributed by atoms with Gasteiger partial charge >= 0.3 is 12.1 Å². The zero-order valence-corrected chi connectivity index (χ0v) is 17.3. The van der Waals surface area contributed by atoms with Gasteiger partial charge in [0.2, 0.25) is 11.8 Å². The van der Waals surface area contributed by atoms with Gasteiger partial charge in [-0.05, 0) is 29.3 Å². The predicted octanol–water partition coefficient (Wildman–Crippen LogP) is 2.79. The van der Waals surface area contributed by atoms with Crippen molar-refractivity contribution in [2.45, 2.75) is 38.0 Å². The molecular formula is C22H22F4N2O4. The monoisotopic (exact) mass is 454 g/mol. The van der Waals surface area contributed by atoms with Crippen LogP contribution in [0.1, 0.15) is 23.6 Å². The van der Waals surface area contributed by atoms with E-state index in [1.807, 2.05) is 0 Å². The number of amides is 2. The Kier molecular flexibility index (Phi) is 8.34. The van der Waals surface area contributed by atoms with E-state index in [1.165, 1.54) is 37.3 Å². The molecule has 0 unspecified atom stereocenters. The van der Waals surface area contributed by atoms with E-state index in [1.54, 1.807) is 6.07 Å². The Balaban J connectivity index is 2.19. The normalized spacial score (nSPS) is 13.1. The smallest absolute Gasteiger partial charge is 0.416 e. The summed E-state index contributed by atoms with van der Waals surface area (Å²) in [5, 5.41) is 4.84. The maximum absolute atomic E-state index is 14.0. The Morgan fingerprint density at radius 2 is 1.56 bits per heavy atom. The first-order chi connectivity index (χ1) is 15.0. The zero-order chi connectivity index (χ0) is 23.9. The molecule has 0 aromatic heterocycles. The molecule has 2 aromatic rings. The van der Waals surface area contributed by atoms with Crippen LogP contribution in [0.25, 0.3) is 0 Å². The van der Waals surface area contributed by atoms with Crippen molar-refractivity contribution in [1.82, 2.24) is 10.6 Å². The molecule has 10 heteroatoms. The van der Waals surface area contributed by atoms with Gasteiger partial charge in [0.15, 0.2) is 0 Å². The number of ether oxygens (including phenoxy) is 1. The summed E-state index contributed by atoms with van der Waals surface area (Å²) >= 11 is 0. The van der Waals surface area contributed by atoms with Crippen molar-refractivity contribution >= 4 is 17.8 Å². The highest BCUT2D eigenvalue weighted by Crippen LogP contribution is 2.29. The second-order valence-electron chi connectivity index (χ2n) is 7.03. The van der Waals surface area contributed by atoms with Gasteiger partial charge in [-0.25, -0.2) is 9.18 Å². The molecule has 6 nitrogen and oxygen atoms in total. The lowest BCUT2D eigenvalue weighted by molar-refractivity contribution is -0.145. The molecule has 172 valence electrons. The van der Waals surface area contributed by atoms with Gasteiger partial charge in [0, 0.05) is 19.8 Å². The summed E-state index contributed by atoms with van der Waals surface area (Å²) in [7, 11) is 1.10. The van der Waals surface area contributed by atoms with Gasteiger partial charge < -0.3 is 15.4 Å². The van der Waals surface area contributed by atoms with E-state index in [2.05, 4.69) is 15.4 Å². The minimum atomic E-state index is -4.51. The maximum Gasteiger partial charge on any atom is 0.416 e. The second-order valence-corrected chi connectivity index (χ2v) is 7.03. The molecule has 32 heavy (non-hydrogen) atoms. The SMILES string of the molecule is COC(=O)[C@@H](Cc1ccc(C(F)(F)F)cc1)NC(=O)[C@H](Cc1ccccc1F)NC(C)=O. The molecule has 2 rings (SSSR count). The molecule has 0 fully saturated rings. The van der Waals surface area contributed by atoms with Crippen LogP contribution < -0.4 is 10.6 Å². The minimum absolute atomic E-state index is 0.150. The number of halogens is 4. The van der Waals surface area contributed by atoms with Crippen LogP contribution in [0.2, 0.25) is 0 Å². The topological polar surface area (TPSA) is 84.5 Å². The van der Waals surface area contributed by atoms with Gasteiger partial charge in [-0.1, -0.05) is 30.3 Å². The van der Waals surface area contributed by atoms with Gasteiger partial charge in [-0.15, -0.1) is 0 Å². The average Bonchev–Trinajstić information content (AvgIpc) is 2.73. The second kappa shape index (κ2) is 10.7. The van der Waals surface area contributed by atoms with E-state index in [0.29, 0.717) is 5.56 Å². The van der Waals surface area contributed by atoms with Crippen LogP contribution in [-0.2, 0) is 38.1 Å². The van der Waals surface area contributed by atoms with Crippen LogP contribution in [0.4, 0.5) is 17.6 Å². The summed E-state index contributed by atoms with van der Waals surface area (Å²) in [6, 6.07) is 7.40. The Bertz CT molecular complexity index is 961. The molecule has 0 saturated carbocycles. The van der Waals surface area contributed by atoms with Gasteiger partial charge in [-0.3, -0.25) is 9.59 Å². The molecule has 0 radical (unpaired) electrons. The lowest BCUT2D eigenvalue weighted by Crippen LogP contribution is -2.53. The molecule has 0 spiro atoms. The van der Waals surface area contributed by atoms with Gasteiger partial charge in [0.1, 0.15) is 17.9 Å². The summed E-state index contributed by atoms with van der Waals surface area (Å²) in [5.74, 6) is -2.71. The van der Waals surface area contributed by atoms with E-state index in [-0.39, 0.29) is 18.4 Å². The van der Waals surface area contributed by atoms with Crippen LogP contribution in [0.15, 0.2) is 48.5 Å². The number of hydrogen-bond acceptors (Lipinski definition) is 4. The van der Waals surface area contributed by atoms with Crippen molar-refractivity contribution in [3.8, 4) is 0 Å². The molecule has 0 saturated heterocycles. The van der Waals surface area contributed by atoms with Crippen molar-refractivity contribution in [3.05, 3.63) is 71.0 Å². The van der Waals surface area contributed by atoms with Crippen molar-refractivity contribution in [3.63, 3.8) is 0 Å². The molecular weight excluding hydrogens is 432 g/mol. The third-order valence-electron chi connectivity index (χ3n) is 4.60.